The SMILES string of the molecule is CCN1CCO[C@H]2CCN(S(=O)(=O)c3sccc3C)C[C@@H]21. The lowest BCUT2D eigenvalue weighted by molar-refractivity contribution is -0.0911. The first-order valence-corrected chi connectivity index (χ1v) is 9.76. The molecule has 0 saturated carbocycles. The third-order valence-electron chi connectivity index (χ3n) is 4.46. The van der Waals surface area contributed by atoms with E-state index in [1.54, 1.807) is 4.31 Å². The number of ether oxygens (including phenoxy) is 1. The average Bonchev–Trinajstić information content (AvgIpc) is 2.93. The topological polar surface area (TPSA) is 49.9 Å². The monoisotopic (exact) mass is 330 g/mol. The van der Waals surface area contributed by atoms with E-state index >= 15 is 0 Å². The fraction of sp³-hybridized carbons (Fsp3) is 0.714. The Morgan fingerprint density at radius 3 is 2.90 bits per heavy atom. The normalized spacial score (nSPS) is 28.5. The van der Waals surface area contributed by atoms with Crippen molar-refractivity contribution in [2.75, 3.05) is 32.8 Å². The number of thiophene rings is 1. The van der Waals surface area contributed by atoms with Crippen LogP contribution in [-0.2, 0) is 14.8 Å². The lowest BCUT2D eigenvalue weighted by Crippen LogP contribution is -2.60. The molecule has 3 heterocycles. The second-order valence-electron chi connectivity index (χ2n) is 5.65. The van der Waals surface area contributed by atoms with Gasteiger partial charge in [0.2, 0.25) is 0 Å². The van der Waals surface area contributed by atoms with Gasteiger partial charge in [-0.05, 0) is 36.9 Å². The van der Waals surface area contributed by atoms with Gasteiger partial charge < -0.3 is 4.74 Å². The Morgan fingerprint density at radius 1 is 1.43 bits per heavy atom. The second kappa shape index (κ2) is 5.96. The first-order valence-electron chi connectivity index (χ1n) is 7.44. The highest BCUT2D eigenvalue weighted by molar-refractivity contribution is 7.91. The fourth-order valence-corrected chi connectivity index (χ4v) is 6.29. The van der Waals surface area contributed by atoms with Gasteiger partial charge in [0.05, 0.1) is 12.7 Å². The Morgan fingerprint density at radius 2 is 2.24 bits per heavy atom. The van der Waals surface area contributed by atoms with E-state index in [2.05, 4.69) is 11.8 Å². The Hall–Kier alpha value is -0.470. The van der Waals surface area contributed by atoms with Gasteiger partial charge in [0, 0.05) is 25.7 Å². The van der Waals surface area contributed by atoms with Gasteiger partial charge in [0.25, 0.3) is 10.0 Å². The Bertz CT molecular complexity index is 593. The fourth-order valence-electron chi connectivity index (χ4n) is 3.26. The van der Waals surface area contributed by atoms with E-state index in [0.29, 0.717) is 17.3 Å². The average molecular weight is 330 g/mol. The van der Waals surface area contributed by atoms with Gasteiger partial charge in [-0.15, -0.1) is 11.3 Å². The molecule has 0 aliphatic carbocycles. The van der Waals surface area contributed by atoms with Gasteiger partial charge in [-0.1, -0.05) is 6.92 Å². The van der Waals surface area contributed by atoms with Crippen LogP contribution in [0.4, 0.5) is 0 Å². The molecule has 21 heavy (non-hydrogen) atoms. The Labute approximate surface area is 130 Å². The third-order valence-corrected chi connectivity index (χ3v) is 7.99. The number of fused-ring (bicyclic) bond motifs is 1. The first-order chi connectivity index (χ1) is 10.0. The number of rotatable bonds is 3. The lowest BCUT2D eigenvalue weighted by atomic mass is 10.0. The zero-order valence-electron chi connectivity index (χ0n) is 12.5. The van der Waals surface area contributed by atoms with Crippen LogP contribution in [0.3, 0.4) is 0 Å². The van der Waals surface area contributed by atoms with Crippen molar-refractivity contribution >= 4 is 21.4 Å². The molecule has 0 bridgehead atoms. The molecule has 1 aromatic heterocycles. The van der Waals surface area contributed by atoms with Crippen LogP contribution in [0, 0.1) is 6.92 Å². The molecule has 2 fully saturated rings. The van der Waals surface area contributed by atoms with Crippen molar-refractivity contribution in [2.45, 2.75) is 36.6 Å². The van der Waals surface area contributed by atoms with Crippen molar-refractivity contribution < 1.29 is 13.2 Å². The number of hydrogen-bond acceptors (Lipinski definition) is 5. The third kappa shape index (κ3) is 2.77. The van der Waals surface area contributed by atoms with E-state index in [0.717, 1.165) is 31.7 Å². The molecular weight excluding hydrogens is 308 g/mol. The van der Waals surface area contributed by atoms with Crippen LogP contribution < -0.4 is 0 Å². The summed E-state index contributed by atoms with van der Waals surface area (Å²) in [4.78, 5) is 2.34. The Kier molecular flexibility index (Phi) is 4.38. The van der Waals surface area contributed by atoms with Crippen LogP contribution in [0.5, 0.6) is 0 Å². The molecule has 0 aromatic carbocycles. The summed E-state index contributed by atoms with van der Waals surface area (Å²) in [5.41, 5.74) is 0.842. The van der Waals surface area contributed by atoms with Crippen LogP contribution >= 0.6 is 11.3 Å². The molecule has 3 rings (SSSR count). The van der Waals surface area contributed by atoms with Crippen molar-refractivity contribution in [1.82, 2.24) is 9.21 Å². The van der Waals surface area contributed by atoms with E-state index in [1.807, 2.05) is 18.4 Å². The standard InChI is InChI=1S/C14H22N2O3S2/c1-3-15-7-8-19-13-4-6-16(10-12(13)15)21(17,18)14-11(2)5-9-20-14/h5,9,12-13H,3-4,6-8,10H2,1-2H3/t12-,13-/m0/s1. The highest BCUT2D eigenvalue weighted by Gasteiger charge is 2.40. The van der Waals surface area contributed by atoms with E-state index in [4.69, 9.17) is 4.74 Å². The van der Waals surface area contributed by atoms with Gasteiger partial charge in [0.15, 0.2) is 0 Å². The maximum Gasteiger partial charge on any atom is 0.252 e. The highest BCUT2D eigenvalue weighted by atomic mass is 32.2. The molecule has 2 aliphatic rings. The van der Waals surface area contributed by atoms with Gasteiger partial charge >= 0.3 is 0 Å². The molecule has 7 heteroatoms. The Balaban J connectivity index is 1.83. The zero-order valence-corrected chi connectivity index (χ0v) is 14.1. The molecule has 0 unspecified atom stereocenters. The number of morpholine rings is 1. The number of likely N-dealkylation sites (N-methyl/N-ethyl adjacent to an activating group) is 1. The first kappa shape index (κ1) is 15.4. The molecule has 0 spiro atoms. The van der Waals surface area contributed by atoms with Crippen molar-refractivity contribution in [3.63, 3.8) is 0 Å². The highest BCUT2D eigenvalue weighted by Crippen LogP contribution is 2.30. The van der Waals surface area contributed by atoms with Crippen LogP contribution in [0.25, 0.3) is 0 Å². The van der Waals surface area contributed by atoms with Crippen molar-refractivity contribution in [3.05, 3.63) is 17.0 Å². The van der Waals surface area contributed by atoms with Crippen molar-refractivity contribution in [1.29, 1.82) is 0 Å². The summed E-state index contributed by atoms with van der Waals surface area (Å²) in [5, 5.41) is 1.84. The van der Waals surface area contributed by atoms with Gasteiger partial charge in [-0.25, -0.2) is 8.42 Å². The van der Waals surface area contributed by atoms with E-state index in [1.165, 1.54) is 11.3 Å². The molecule has 2 atom stereocenters. The summed E-state index contributed by atoms with van der Waals surface area (Å²) < 4.78 is 33.6. The summed E-state index contributed by atoms with van der Waals surface area (Å²) in [7, 11) is -3.36. The minimum absolute atomic E-state index is 0.176. The number of hydrogen-bond donors (Lipinski definition) is 0. The number of piperidine rings is 1. The smallest absolute Gasteiger partial charge is 0.252 e. The van der Waals surface area contributed by atoms with E-state index < -0.39 is 10.0 Å². The van der Waals surface area contributed by atoms with Crippen LogP contribution in [0.1, 0.15) is 18.9 Å². The lowest BCUT2D eigenvalue weighted by Gasteiger charge is -2.46. The predicted octanol–water partition coefficient (Wildman–Crippen LogP) is 1.54. The van der Waals surface area contributed by atoms with Gasteiger partial charge in [0.1, 0.15) is 4.21 Å². The maximum absolute atomic E-state index is 12.8. The maximum atomic E-state index is 12.8. The molecule has 0 N–H and O–H groups in total. The quantitative estimate of drug-likeness (QED) is 0.843. The number of nitrogens with zero attached hydrogens (tertiary/aromatic N) is 2. The van der Waals surface area contributed by atoms with Crippen molar-refractivity contribution in [2.24, 2.45) is 0 Å². The van der Waals surface area contributed by atoms with Gasteiger partial charge in [-0.3, -0.25) is 4.90 Å². The van der Waals surface area contributed by atoms with Crippen LogP contribution in [0.15, 0.2) is 15.7 Å². The van der Waals surface area contributed by atoms with E-state index in [-0.39, 0.29) is 12.1 Å². The molecule has 2 saturated heterocycles. The number of aryl methyl sites for hydroxylation is 1. The molecule has 0 radical (unpaired) electrons. The second-order valence-corrected chi connectivity index (χ2v) is 8.70. The minimum atomic E-state index is -3.36. The molecule has 2 aliphatic heterocycles. The number of sulfonamides is 1. The van der Waals surface area contributed by atoms with Crippen LogP contribution in [0.2, 0.25) is 0 Å². The molecule has 1 aromatic rings. The summed E-state index contributed by atoms with van der Waals surface area (Å²) in [6.45, 7) is 7.67. The van der Waals surface area contributed by atoms with E-state index in [9.17, 15) is 8.42 Å². The summed E-state index contributed by atoms with van der Waals surface area (Å²) in [6, 6.07) is 2.05. The molecular formula is C14H22N2O3S2. The van der Waals surface area contributed by atoms with Gasteiger partial charge in [-0.2, -0.15) is 4.31 Å². The molecule has 0 amide bonds. The van der Waals surface area contributed by atoms with Crippen LogP contribution in [-0.4, -0.2) is 62.6 Å². The molecule has 118 valence electrons. The largest absolute Gasteiger partial charge is 0.375 e. The predicted molar refractivity (Wildman–Crippen MR) is 83.2 cm³/mol. The zero-order chi connectivity index (χ0) is 15.0. The molecule has 5 nitrogen and oxygen atoms in total. The van der Waals surface area contributed by atoms with Crippen molar-refractivity contribution in [3.8, 4) is 0 Å². The summed E-state index contributed by atoms with van der Waals surface area (Å²) in [6.07, 6.45) is 0.958. The minimum Gasteiger partial charge on any atom is -0.375 e. The summed E-state index contributed by atoms with van der Waals surface area (Å²) >= 11 is 1.31. The summed E-state index contributed by atoms with van der Waals surface area (Å²) in [5.74, 6) is 0.